The Morgan fingerprint density at radius 3 is 2.58 bits per heavy atom. The third-order valence-electron chi connectivity index (χ3n) is 2.28. The topological polar surface area (TPSA) is 72.7 Å². The van der Waals surface area contributed by atoms with Gasteiger partial charge >= 0.3 is 0 Å². The molecule has 4 heteroatoms. The van der Waals surface area contributed by atoms with E-state index in [4.69, 9.17) is 10.2 Å². The molecule has 4 nitrogen and oxygen atoms in total. The van der Waals surface area contributed by atoms with Gasteiger partial charge in [0, 0.05) is 12.6 Å². The highest BCUT2D eigenvalue weighted by atomic mass is 16.3. The molecule has 0 bridgehead atoms. The molecule has 0 fully saturated rings. The summed E-state index contributed by atoms with van der Waals surface area (Å²) in [5.74, 6) is 0. The van der Waals surface area contributed by atoms with E-state index < -0.39 is 6.10 Å². The van der Waals surface area contributed by atoms with Crippen molar-refractivity contribution in [3.63, 3.8) is 0 Å². The van der Waals surface area contributed by atoms with Crippen LogP contribution in [0.15, 0.2) is 11.1 Å². The molecule has 0 radical (unpaired) electrons. The maximum absolute atomic E-state index is 9.55. The van der Waals surface area contributed by atoms with E-state index in [1.54, 1.807) is 0 Å². The Kier molecular flexibility index (Phi) is 3.22. The minimum absolute atomic E-state index is 0.0533. The highest BCUT2D eigenvalue weighted by Crippen LogP contribution is 2.16. The summed E-state index contributed by atoms with van der Waals surface area (Å²) in [4.78, 5) is 0. The largest absolute Gasteiger partial charge is 0.392 e. The molecule has 12 heavy (non-hydrogen) atoms. The van der Waals surface area contributed by atoms with Gasteiger partial charge in [0.15, 0.2) is 0 Å². The zero-order chi connectivity index (χ0) is 9.14. The molecule has 0 aromatic carbocycles. The van der Waals surface area contributed by atoms with E-state index >= 15 is 0 Å². The molecule has 0 aromatic rings. The minimum Gasteiger partial charge on any atom is -0.392 e. The van der Waals surface area contributed by atoms with Gasteiger partial charge in [-0.2, -0.15) is 0 Å². The summed E-state index contributed by atoms with van der Waals surface area (Å²) in [6.45, 7) is 2.11. The van der Waals surface area contributed by atoms with Crippen molar-refractivity contribution in [1.29, 1.82) is 0 Å². The predicted molar refractivity (Wildman–Crippen MR) is 44.7 cm³/mol. The summed E-state index contributed by atoms with van der Waals surface area (Å²) in [5, 5.41) is 30.4. The smallest absolute Gasteiger partial charge is 0.0926 e. The number of rotatable bonds is 2. The lowest BCUT2D eigenvalue weighted by Gasteiger charge is -2.29. The van der Waals surface area contributed by atoms with Crippen LogP contribution in [0.1, 0.15) is 6.92 Å². The maximum Gasteiger partial charge on any atom is 0.0926 e. The highest BCUT2D eigenvalue weighted by Gasteiger charge is 2.25. The van der Waals surface area contributed by atoms with E-state index in [0.717, 1.165) is 0 Å². The van der Waals surface area contributed by atoms with Gasteiger partial charge in [-0.1, -0.05) is 0 Å². The third kappa shape index (κ3) is 1.67. The first-order valence-corrected chi connectivity index (χ1v) is 4.04. The van der Waals surface area contributed by atoms with Crippen LogP contribution in [0.5, 0.6) is 0 Å². The molecular formula is C8H15NO3. The Bertz CT molecular complexity index is 191. The van der Waals surface area contributed by atoms with E-state index in [0.29, 0.717) is 17.7 Å². The molecule has 0 amide bonds. The van der Waals surface area contributed by atoms with Crippen LogP contribution in [-0.2, 0) is 0 Å². The minimum atomic E-state index is -0.675. The van der Waals surface area contributed by atoms with Crippen LogP contribution in [0.2, 0.25) is 0 Å². The van der Waals surface area contributed by atoms with Crippen molar-refractivity contribution in [3.05, 3.63) is 11.1 Å². The van der Waals surface area contributed by atoms with Crippen LogP contribution < -0.4 is 5.32 Å². The second kappa shape index (κ2) is 4.00. The zero-order valence-electron chi connectivity index (χ0n) is 7.12. The lowest BCUT2D eigenvalue weighted by atomic mass is 9.95. The summed E-state index contributed by atoms with van der Waals surface area (Å²) >= 11 is 0. The number of aliphatic hydroxyl groups excluding tert-OH is 3. The summed E-state index contributed by atoms with van der Waals surface area (Å²) < 4.78 is 0. The molecule has 0 saturated heterocycles. The molecule has 4 N–H and O–H groups in total. The summed E-state index contributed by atoms with van der Waals surface area (Å²) in [6, 6.07) is -0.0533. The van der Waals surface area contributed by atoms with E-state index in [2.05, 4.69) is 5.32 Å². The molecule has 1 heterocycles. The molecule has 1 aliphatic heterocycles. The van der Waals surface area contributed by atoms with Crippen LogP contribution in [-0.4, -0.2) is 47.2 Å². The Balaban J connectivity index is 2.84. The van der Waals surface area contributed by atoms with Crippen LogP contribution >= 0.6 is 0 Å². The number of aliphatic hydroxyl groups is 3. The first kappa shape index (κ1) is 9.67. The van der Waals surface area contributed by atoms with Crippen LogP contribution in [0.25, 0.3) is 0 Å². The van der Waals surface area contributed by atoms with E-state index in [1.165, 1.54) is 0 Å². The first-order chi connectivity index (χ1) is 5.70. The van der Waals surface area contributed by atoms with Gasteiger partial charge in [0.2, 0.25) is 0 Å². The Labute approximate surface area is 71.5 Å². The lowest BCUT2D eigenvalue weighted by Crippen LogP contribution is -2.45. The van der Waals surface area contributed by atoms with E-state index in [1.807, 2.05) is 6.92 Å². The standard InChI is InChI=1S/C8H15NO3/c1-5-8(12)7(4-11)6(3-10)2-9-5/h5,8-12H,2-4H2,1H3. The van der Waals surface area contributed by atoms with Crippen LogP contribution in [0.3, 0.4) is 0 Å². The average Bonchev–Trinajstić information content (AvgIpc) is 2.09. The number of hydrogen-bond donors (Lipinski definition) is 4. The van der Waals surface area contributed by atoms with Crippen molar-refractivity contribution in [3.8, 4) is 0 Å². The van der Waals surface area contributed by atoms with Crippen molar-refractivity contribution in [1.82, 2.24) is 5.32 Å². The van der Waals surface area contributed by atoms with Gasteiger partial charge in [0.1, 0.15) is 0 Å². The maximum atomic E-state index is 9.55. The Hall–Kier alpha value is -0.420. The van der Waals surface area contributed by atoms with Crippen molar-refractivity contribution < 1.29 is 15.3 Å². The number of hydrogen-bond acceptors (Lipinski definition) is 4. The van der Waals surface area contributed by atoms with E-state index in [9.17, 15) is 5.11 Å². The lowest BCUT2D eigenvalue weighted by molar-refractivity contribution is 0.138. The van der Waals surface area contributed by atoms with Crippen molar-refractivity contribution in [2.45, 2.75) is 19.1 Å². The van der Waals surface area contributed by atoms with Crippen molar-refractivity contribution in [2.75, 3.05) is 19.8 Å². The molecule has 2 atom stereocenters. The van der Waals surface area contributed by atoms with Gasteiger partial charge in [-0.25, -0.2) is 0 Å². The third-order valence-corrected chi connectivity index (χ3v) is 2.28. The SMILES string of the molecule is CC1NCC(CO)=C(CO)C1O. The van der Waals surface area contributed by atoms with E-state index in [-0.39, 0.29) is 19.3 Å². The van der Waals surface area contributed by atoms with Crippen molar-refractivity contribution >= 4 is 0 Å². The molecule has 70 valence electrons. The van der Waals surface area contributed by atoms with Gasteiger partial charge in [0.25, 0.3) is 0 Å². The molecule has 1 aliphatic rings. The van der Waals surface area contributed by atoms with Crippen LogP contribution in [0, 0.1) is 0 Å². The van der Waals surface area contributed by atoms with Gasteiger partial charge in [-0.05, 0) is 18.1 Å². The predicted octanol–water partition coefficient (Wildman–Crippen LogP) is -1.38. The first-order valence-electron chi connectivity index (χ1n) is 4.04. The van der Waals surface area contributed by atoms with Gasteiger partial charge in [-0.15, -0.1) is 0 Å². The highest BCUT2D eigenvalue weighted by molar-refractivity contribution is 5.25. The fourth-order valence-corrected chi connectivity index (χ4v) is 1.38. The van der Waals surface area contributed by atoms with Gasteiger partial charge in [0.05, 0.1) is 19.3 Å². The summed E-state index contributed by atoms with van der Waals surface area (Å²) in [5.41, 5.74) is 1.26. The molecular weight excluding hydrogens is 158 g/mol. The summed E-state index contributed by atoms with van der Waals surface area (Å²) in [6.07, 6.45) is -0.675. The second-order valence-electron chi connectivity index (χ2n) is 3.06. The Morgan fingerprint density at radius 2 is 2.08 bits per heavy atom. The fraction of sp³-hybridized carbons (Fsp3) is 0.750. The second-order valence-corrected chi connectivity index (χ2v) is 3.06. The fourth-order valence-electron chi connectivity index (χ4n) is 1.38. The van der Waals surface area contributed by atoms with Crippen molar-refractivity contribution in [2.24, 2.45) is 0 Å². The number of nitrogens with one attached hydrogen (secondary N) is 1. The molecule has 0 saturated carbocycles. The normalized spacial score (nSPS) is 31.0. The van der Waals surface area contributed by atoms with Gasteiger partial charge in [-0.3, -0.25) is 0 Å². The monoisotopic (exact) mass is 173 g/mol. The summed E-state index contributed by atoms with van der Waals surface area (Å²) in [7, 11) is 0. The quantitative estimate of drug-likeness (QED) is 0.388. The molecule has 0 spiro atoms. The molecule has 0 aromatic heterocycles. The molecule has 2 unspecified atom stereocenters. The molecule has 0 aliphatic carbocycles. The van der Waals surface area contributed by atoms with Crippen LogP contribution in [0.4, 0.5) is 0 Å². The zero-order valence-corrected chi connectivity index (χ0v) is 7.12. The van der Waals surface area contributed by atoms with Gasteiger partial charge < -0.3 is 20.6 Å². The molecule has 1 rings (SSSR count). The Morgan fingerprint density at radius 1 is 1.42 bits per heavy atom. The average molecular weight is 173 g/mol.